The number of unbranched alkanes of at least 4 members (excludes halogenated alkanes) is 2. The zero-order valence-electron chi connectivity index (χ0n) is 7.65. The Morgan fingerprint density at radius 1 is 0.909 bits per heavy atom. The number of nitrogens with one attached hydrogen (secondary N) is 2. The standard InChI is InChI=1S/C8H20N2O/c1-3-5-7-9-11-10-8-6-4-2/h9-10H,3-8H2,1-2H3. The fourth-order valence-electron chi connectivity index (χ4n) is 0.651. The maximum Gasteiger partial charge on any atom is 0.0228 e. The normalized spacial score (nSPS) is 10.4. The summed E-state index contributed by atoms with van der Waals surface area (Å²) in [5.41, 5.74) is 5.67. The van der Waals surface area contributed by atoms with Gasteiger partial charge in [-0.15, -0.1) is 0 Å². The third-order valence-electron chi connectivity index (χ3n) is 1.41. The fraction of sp³-hybridized carbons (Fsp3) is 1.00. The topological polar surface area (TPSA) is 33.3 Å². The van der Waals surface area contributed by atoms with Gasteiger partial charge in [-0.3, -0.25) is 0 Å². The highest BCUT2D eigenvalue weighted by Gasteiger charge is 1.85. The van der Waals surface area contributed by atoms with Crippen molar-refractivity contribution >= 4 is 0 Å². The molecular formula is C8H20N2O. The minimum Gasteiger partial charge on any atom is -0.214 e. The highest BCUT2D eigenvalue weighted by Crippen LogP contribution is 1.83. The van der Waals surface area contributed by atoms with Crippen LogP contribution in [0, 0.1) is 0 Å². The molecule has 0 aliphatic heterocycles. The Bertz CT molecular complexity index is 61.1. The minimum atomic E-state index is 0.926. The van der Waals surface area contributed by atoms with Crippen LogP contribution in [0.4, 0.5) is 0 Å². The molecule has 0 heterocycles. The molecule has 0 spiro atoms. The Morgan fingerprint density at radius 3 is 1.73 bits per heavy atom. The lowest BCUT2D eigenvalue weighted by Gasteiger charge is -2.04. The average Bonchev–Trinajstić information content (AvgIpc) is 2.03. The Balaban J connectivity index is 2.69. The molecule has 0 aliphatic rings. The van der Waals surface area contributed by atoms with Crippen LogP contribution >= 0.6 is 0 Å². The van der Waals surface area contributed by atoms with E-state index < -0.39 is 0 Å². The second-order valence-corrected chi connectivity index (χ2v) is 2.60. The lowest BCUT2D eigenvalue weighted by Crippen LogP contribution is -2.27. The Labute approximate surface area is 69.4 Å². The maximum atomic E-state index is 4.94. The van der Waals surface area contributed by atoms with Crippen molar-refractivity contribution in [2.45, 2.75) is 39.5 Å². The van der Waals surface area contributed by atoms with E-state index in [9.17, 15) is 0 Å². The molecule has 0 amide bonds. The van der Waals surface area contributed by atoms with Gasteiger partial charge in [0, 0.05) is 13.1 Å². The van der Waals surface area contributed by atoms with Crippen LogP contribution in [-0.2, 0) is 4.94 Å². The molecule has 68 valence electrons. The third kappa shape index (κ3) is 9.88. The molecule has 11 heavy (non-hydrogen) atoms. The van der Waals surface area contributed by atoms with Crippen LogP contribution in [-0.4, -0.2) is 13.1 Å². The van der Waals surface area contributed by atoms with Gasteiger partial charge in [0.05, 0.1) is 0 Å². The lowest BCUT2D eigenvalue weighted by atomic mass is 10.3. The van der Waals surface area contributed by atoms with Gasteiger partial charge in [-0.05, 0) is 12.8 Å². The van der Waals surface area contributed by atoms with Crippen LogP contribution in [0.1, 0.15) is 39.5 Å². The number of hydroxylamine groups is 2. The summed E-state index contributed by atoms with van der Waals surface area (Å²) in [6.45, 7) is 6.17. The Hall–Kier alpha value is -0.120. The lowest BCUT2D eigenvalue weighted by molar-refractivity contribution is -0.0384. The zero-order chi connectivity index (χ0) is 8.36. The summed E-state index contributed by atoms with van der Waals surface area (Å²) in [6.07, 6.45) is 4.72. The summed E-state index contributed by atoms with van der Waals surface area (Å²) < 4.78 is 0. The first-order valence-electron chi connectivity index (χ1n) is 4.53. The molecule has 3 heteroatoms. The van der Waals surface area contributed by atoms with E-state index in [1.807, 2.05) is 0 Å². The summed E-state index contributed by atoms with van der Waals surface area (Å²) in [5.74, 6) is 0. The van der Waals surface area contributed by atoms with Crippen LogP contribution in [0.25, 0.3) is 0 Å². The van der Waals surface area contributed by atoms with Crippen LogP contribution in [0.3, 0.4) is 0 Å². The van der Waals surface area contributed by atoms with Gasteiger partial charge in [0.25, 0.3) is 0 Å². The van der Waals surface area contributed by atoms with Crippen molar-refractivity contribution in [3.8, 4) is 0 Å². The smallest absolute Gasteiger partial charge is 0.0228 e. The predicted molar refractivity (Wildman–Crippen MR) is 46.9 cm³/mol. The van der Waals surface area contributed by atoms with Gasteiger partial charge in [0.15, 0.2) is 0 Å². The van der Waals surface area contributed by atoms with Crippen molar-refractivity contribution in [3.63, 3.8) is 0 Å². The molecule has 0 rings (SSSR count). The van der Waals surface area contributed by atoms with E-state index in [1.54, 1.807) is 0 Å². The number of hydrogen-bond donors (Lipinski definition) is 2. The molecule has 3 nitrogen and oxygen atoms in total. The highest BCUT2D eigenvalue weighted by atomic mass is 16.8. The Morgan fingerprint density at radius 2 is 1.36 bits per heavy atom. The van der Waals surface area contributed by atoms with Crippen LogP contribution in [0.2, 0.25) is 0 Å². The van der Waals surface area contributed by atoms with Crippen molar-refractivity contribution in [2.75, 3.05) is 13.1 Å². The monoisotopic (exact) mass is 160 g/mol. The summed E-state index contributed by atoms with van der Waals surface area (Å²) in [4.78, 5) is 4.94. The summed E-state index contributed by atoms with van der Waals surface area (Å²) >= 11 is 0. The first kappa shape index (κ1) is 10.9. The average molecular weight is 160 g/mol. The van der Waals surface area contributed by atoms with E-state index in [0.717, 1.165) is 25.9 Å². The molecule has 0 aromatic carbocycles. The minimum absolute atomic E-state index is 0.926. The molecule has 0 fully saturated rings. The highest BCUT2D eigenvalue weighted by molar-refractivity contribution is 4.35. The number of rotatable bonds is 8. The Kier molecular flexibility index (Phi) is 9.77. The summed E-state index contributed by atoms with van der Waals surface area (Å²) in [7, 11) is 0. The van der Waals surface area contributed by atoms with Crippen LogP contribution in [0.15, 0.2) is 0 Å². The van der Waals surface area contributed by atoms with Crippen LogP contribution < -0.4 is 11.0 Å². The molecule has 0 aromatic rings. The van der Waals surface area contributed by atoms with Gasteiger partial charge in [-0.2, -0.15) is 11.0 Å². The second-order valence-electron chi connectivity index (χ2n) is 2.60. The molecule has 0 radical (unpaired) electrons. The SMILES string of the molecule is CCCCNONCCCC. The van der Waals surface area contributed by atoms with E-state index in [2.05, 4.69) is 24.8 Å². The van der Waals surface area contributed by atoms with Gasteiger partial charge in [-0.1, -0.05) is 26.7 Å². The van der Waals surface area contributed by atoms with E-state index in [0.29, 0.717) is 0 Å². The molecule has 0 atom stereocenters. The molecule has 2 N–H and O–H groups in total. The first-order chi connectivity index (χ1) is 5.41. The molecule has 0 saturated carbocycles. The summed E-state index contributed by atoms with van der Waals surface area (Å²) in [5, 5.41) is 0. The molecular weight excluding hydrogens is 140 g/mol. The second kappa shape index (κ2) is 9.88. The van der Waals surface area contributed by atoms with Crippen molar-refractivity contribution in [3.05, 3.63) is 0 Å². The van der Waals surface area contributed by atoms with E-state index in [1.165, 1.54) is 12.8 Å². The van der Waals surface area contributed by atoms with E-state index in [-0.39, 0.29) is 0 Å². The van der Waals surface area contributed by atoms with Gasteiger partial charge in [0.1, 0.15) is 0 Å². The van der Waals surface area contributed by atoms with E-state index in [4.69, 9.17) is 4.94 Å². The van der Waals surface area contributed by atoms with Gasteiger partial charge < -0.3 is 0 Å². The fourth-order valence-corrected chi connectivity index (χ4v) is 0.651. The summed E-state index contributed by atoms with van der Waals surface area (Å²) in [6, 6.07) is 0. The maximum absolute atomic E-state index is 4.94. The third-order valence-corrected chi connectivity index (χ3v) is 1.41. The predicted octanol–water partition coefficient (Wildman–Crippen LogP) is 1.61. The van der Waals surface area contributed by atoms with Crippen molar-refractivity contribution < 1.29 is 4.94 Å². The quantitative estimate of drug-likeness (QED) is 0.418. The molecule has 0 saturated heterocycles. The molecule has 0 aliphatic carbocycles. The largest absolute Gasteiger partial charge is 0.214 e. The van der Waals surface area contributed by atoms with Crippen molar-refractivity contribution in [2.24, 2.45) is 0 Å². The van der Waals surface area contributed by atoms with Gasteiger partial charge in [-0.25, -0.2) is 4.94 Å². The van der Waals surface area contributed by atoms with Crippen molar-refractivity contribution in [1.29, 1.82) is 0 Å². The van der Waals surface area contributed by atoms with Gasteiger partial charge in [0.2, 0.25) is 0 Å². The molecule has 0 bridgehead atoms. The first-order valence-corrected chi connectivity index (χ1v) is 4.53. The van der Waals surface area contributed by atoms with Crippen LogP contribution in [0.5, 0.6) is 0 Å². The number of hydrogen-bond acceptors (Lipinski definition) is 3. The molecule has 0 unspecified atom stereocenters. The zero-order valence-corrected chi connectivity index (χ0v) is 7.65. The molecule has 0 aromatic heterocycles. The van der Waals surface area contributed by atoms with E-state index >= 15 is 0 Å². The van der Waals surface area contributed by atoms with Crippen molar-refractivity contribution in [1.82, 2.24) is 11.0 Å². The van der Waals surface area contributed by atoms with Gasteiger partial charge >= 0.3 is 0 Å².